The van der Waals surface area contributed by atoms with E-state index in [4.69, 9.17) is 16.3 Å². The highest BCUT2D eigenvalue weighted by atomic mass is 35.5. The highest BCUT2D eigenvalue weighted by Crippen LogP contribution is 2.23. The van der Waals surface area contributed by atoms with E-state index in [1.165, 1.54) is 11.3 Å². The predicted molar refractivity (Wildman–Crippen MR) is 111 cm³/mol. The van der Waals surface area contributed by atoms with Gasteiger partial charge in [-0.05, 0) is 36.9 Å². The van der Waals surface area contributed by atoms with Gasteiger partial charge in [0.2, 0.25) is 5.91 Å². The lowest BCUT2D eigenvalue weighted by molar-refractivity contribution is -0.117. The Morgan fingerprint density at radius 2 is 2.04 bits per heavy atom. The average Bonchev–Trinajstić information content (AvgIpc) is 2.69. The van der Waals surface area contributed by atoms with Crippen molar-refractivity contribution in [1.82, 2.24) is 4.90 Å². The number of anilines is 2. The molecule has 0 unspecified atom stereocenters. The maximum atomic E-state index is 12.4. The Labute approximate surface area is 170 Å². The van der Waals surface area contributed by atoms with Crippen molar-refractivity contribution in [2.45, 2.75) is 6.54 Å². The first-order chi connectivity index (χ1) is 13.6. The van der Waals surface area contributed by atoms with E-state index < -0.39 is 0 Å². The maximum absolute atomic E-state index is 12.4. The molecule has 2 aromatic carbocycles. The zero-order chi connectivity index (χ0) is 19.9. The van der Waals surface area contributed by atoms with Gasteiger partial charge in [-0.15, -0.1) is 0 Å². The monoisotopic (exact) mass is 398 g/mol. The lowest BCUT2D eigenvalue weighted by Crippen LogP contribution is -2.37. The number of amides is 1. The van der Waals surface area contributed by atoms with E-state index in [9.17, 15) is 10.1 Å². The van der Waals surface area contributed by atoms with Crippen LogP contribution in [-0.4, -0.2) is 50.7 Å². The largest absolute Gasteiger partial charge is 0.378 e. The summed E-state index contributed by atoms with van der Waals surface area (Å²) in [6, 6.07) is 15.1. The van der Waals surface area contributed by atoms with Crippen LogP contribution in [0.2, 0.25) is 5.02 Å². The Morgan fingerprint density at radius 3 is 2.79 bits per heavy atom. The number of morpholine rings is 1. The lowest BCUT2D eigenvalue weighted by Gasteiger charge is -2.31. The van der Waals surface area contributed by atoms with Crippen LogP contribution in [0.3, 0.4) is 0 Å². The molecule has 28 heavy (non-hydrogen) atoms. The summed E-state index contributed by atoms with van der Waals surface area (Å²) in [6.07, 6.45) is 0. The van der Waals surface area contributed by atoms with Crippen molar-refractivity contribution >= 4 is 28.9 Å². The minimum absolute atomic E-state index is 0.190. The van der Waals surface area contributed by atoms with E-state index in [0.717, 1.165) is 26.3 Å². The molecule has 1 fully saturated rings. The molecule has 1 heterocycles. The van der Waals surface area contributed by atoms with Gasteiger partial charge < -0.3 is 15.0 Å². The maximum Gasteiger partial charge on any atom is 0.238 e. The number of carbonyl (C=O) groups excluding carboxylic acids is 1. The second kappa shape index (κ2) is 9.56. The van der Waals surface area contributed by atoms with E-state index in [-0.39, 0.29) is 12.5 Å². The quantitative estimate of drug-likeness (QED) is 0.809. The number of likely N-dealkylation sites (N-methyl/N-ethyl adjacent to an activating group) is 1. The number of rotatable bonds is 6. The molecule has 3 rings (SSSR count). The molecule has 1 saturated heterocycles. The fraction of sp³-hybridized carbons (Fsp3) is 0.333. The van der Waals surface area contributed by atoms with E-state index >= 15 is 0 Å². The van der Waals surface area contributed by atoms with Crippen LogP contribution in [0.4, 0.5) is 11.4 Å². The molecule has 1 amide bonds. The van der Waals surface area contributed by atoms with Crippen LogP contribution < -0.4 is 10.2 Å². The summed E-state index contributed by atoms with van der Waals surface area (Å²) in [4.78, 5) is 16.7. The molecule has 0 spiro atoms. The van der Waals surface area contributed by atoms with Gasteiger partial charge in [-0.1, -0.05) is 29.8 Å². The summed E-state index contributed by atoms with van der Waals surface area (Å²) in [7, 11) is 1.90. The van der Waals surface area contributed by atoms with Crippen LogP contribution in [0.25, 0.3) is 0 Å². The number of hydrogen-bond acceptors (Lipinski definition) is 5. The minimum Gasteiger partial charge on any atom is -0.378 e. The summed E-state index contributed by atoms with van der Waals surface area (Å²) in [6.45, 7) is 4.04. The molecular weight excluding hydrogens is 376 g/mol. The number of nitriles is 1. The van der Waals surface area contributed by atoms with Gasteiger partial charge in [0, 0.05) is 30.3 Å². The van der Waals surface area contributed by atoms with E-state index in [2.05, 4.69) is 28.4 Å². The molecule has 0 bridgehead atoms. The summed E-state index contributed by atoms with van der Waals surface area (Å²) in [5, 5.41) is 12.4. The molecule has 1 N–H and O–H groups in total. The zero-order valence-electron chi connectivity index (χ0n) is 15.8. The second-order valence-electron chi connectivity index (χ2n) is 6.75. The first-order valence-electron chi connectivity index (χ1n) is 9.15. The zero-order valence-corrected chi connectivity index (χ0v) is 16.6. The van der Waals surface area contributed by atoms with Gasteiger partial charge in [0.1, 0.15) is 6.07 Å². The molecule has 0 atom stereocenters. The number of para-hydroxylation sites is 1. The topological polar surface area (TPSA) is 68.6 Å². The first-order valence-corrected chi connectivity index (χ1v) is 9.53. The Hall–Kier alpha value is -2.59. The molecule has 1 aliphatic rings. The number of nitrogens with one attached hydrogen (secondary N) is 1. The molecule has 6 nitrogen and oxygen atoms in total. The summed E-state index contributed by atoms with van der Waals surface area (Å²) >= 11 is 5.98. The fourth-order valence-corrected chi connectivity index (χ4v) is 3.43. The average molecular weight is 399 g/mol. The number of halogens is 1. The van der Waals surface area contributed by atoms with E-state index in [1.807, 2.05) is 24.1 Å². The van der Waals surface area contributed by atoms with Crippen LogP contribution in [-0.2, 0) is 16.1 Å². The number of hydrogen-bond donors (Lipinski definition) is 1. The number of ether oxygens (including phenoxy) is 1. The van der Waals surface area contributed by atoms with Crippen LogP contribution in [0, 0.1) is 11.3 Å². The van der Waals surface area contributed by atoms with Crippen molar-refractivity contribution in [2.24, 2.45) is 0 Å². The molecule has 7 heteroatoms. The summed E-state index contributed by atoms with van der Waals surface area (Å²) < 4.78 is 5.44. The number of carbonyl (C=O) groups is 1. The van der Waals surface area contributed by atoms with Crippen LogP contribution in [0.1, 0.15) is 11.1 Å². The van der Waals surface area contributed by atoms with Crippen molar-refractivity contribution in [1.29, 1.82) is 5.26 Å². The van der Waals surface area contributed by atoms with Crippen molar-refractivity contribution in [3.05, 3.63) is 58.6 Å². The number of benzene rings is 2. The van der Waals surface area contributed by atoms with Crippen molar-refractivity contribution in [2.75, 3.05) is 50.1 Å². The Kier molecular flexibility index (Phi) is 6.88. The van der Waals surface area contributed by atoms with Gasteiger partial charge in [0.15, 0.2) is 0 Å². The standard InChI is InChI=1S/C21H23ClN4O2/c1-25(15-21(27)24-19-12-18(22)7-6-16(19)13-23)14-17-4-2-3-5-20(17)26-8-10-28-11-9-26/h2-7,12H,8-11,14-15H2,1H3,(H,24,27). The predicted octanol–water partition coefficient (Wildman–Crippen LogP) is 3.12. The molecule has 146 valence electrons. The van der Waals surface area contributed by atoms with Gasteiger partial charge in [-0.3, -0.25) is 9.69 Å². The highest BCUT2D eigenvalue weighted by molar-refractivity contribution is 6.31. The van der Waals surface area contributed by atoms with Gasteiger partial charge in [0.05, 0.1) is 31.0 Å². The third-order valence-electron chi connectivity index (χ3n) is 4.57. The molecule has 0 radical (unpaired) electrons. The first kappa shape index (κ1) is 20.2. The summed E-state index contributed by atoms with van der Waals surface area (Å²) in [5.74, 6) is -0.190. The molecule has 0 aromatic heterocycles. The Morgan fingerprint density at radius 1 is 1.29 bits per heavy atom. The van der Waals surface area contributed by atoms with Crippen LogP contribution >= 0.6 is 11.6 Å². The third-order valence-corrected chi connectivity index (χ3v) is 4.81. The third kappa shape index (κ3) is 5.23. The van der Waals surface area contributed by atoms with Gasteiger partial charge >= 0.3 is 0 Å². The second-order valence-corrected chi connectivity index (χ2v) is 7.19. The lowest BCUT2D eigenvalue weighted by atomic mass is 10.1. The Balaban J connectivity index is 1.63. The van der Waals surface area contributed by atoms with Gasteiger partial charge in [0.25, 0.3) is 0 Å². The minimum atomic E-state index is -0.190. The summed E-state index contributed by atoms with van der Waals surface area (Å²) in [5.41, 5.74) is 3.17. The van der Waals surface area contributed by atoms with E-state index in [0.29, 0.717) is 22.8 Å². The fourth-order valence-electron chi connectivity index (χ4n) is 3.26. The molecule has 2 aromatic rings. The highest BCUT2D eigenvalue weighted by Gasteiger charge is 2.16. The van der Waals surface area contributed by atoms with Crippen LogP contribution in [0.15, 0.2) is 42.5 Å². The SMILES string of the molecule is CN(CC(=O)Nc1cc(Cl)ccc1C#N)Cc1ccccc1N1CCOCC1. The molecular formula is C21H23ClN4O2. The van der Waals surface area contributed by atoms with Crippen molar-refractivity contribution in [3.8, 4) is 6.07 Å². The van der Waals surface area contributed by atoms with Crippen molar-refractivity contribution in [3.63, 3.8) is 0 Å². The number of nitrogens with zero attached hydrogens (tertiary/aromatic N) is 3. The van der Waals surface area contributed by atoms with Crippen molar-refractivity contribution < 1.29 is 9.53 Å². The Bertz CT molecular complexity index is 875. The van der Waals surface area contributed by atoms with Gasteiger partial charge in [-0.25, -0.2) is 0 Å². The molecule has 0 aliphatic carbocycles. The smallest absolute Gasteiger partial charge is 0.238 e. The molecule has 0 saturated carbocycles. The van der Waals surface area contributed by atoms with E-state index in [1.54, 1.807) is 18.2 Å². The normalized spacial score (nSPS) is 14.0. The molecule has 1 aliphatic heterocycles. The van der Waals surface area contributed by atoms with Crippen LogP contribution in [0.5, 0.6) is 0 Å². The van der Waals surface area contributed by atoms with Gasteiger partial charge in [-0.2, -0.15) is 5.26 Å².